The Hall–Kier alpha value is -0.860. The van der Waals surface area contributed by atoms with Gasteiger partial charge in [-0.25, -0.2) is 0 Å². The molecule has 1 N–H and O–H groups in total. The molecule has 2 nitrogen and oxygen atoms in total. The number of hydrogen-bond acceptors (Lipinski definition) is 2. The van der Waals surface area contributed by atoms with Crippen LogP contribution in [0.2, 0.25) is 0 Å². The molecule has 1 aromatic carbocycles. The van der Waals surface area contributed by atoms with E-state index in [1.54, 1.807) is 0 Å². The number of aliphatic hydroxyl groups is 1. The molecule has 2 rings (SSSR count). The summed E-state index contributed by atoms with van der Waals surface area (Å²) in [4.78, 5) is 0. The Morgan fingerprint density at radius 1 is 0.773 bits per heavy atom. The van der Waals surface area contributed by atoms with Crippen LogP contribution in [0.5, 0.6) is 0 Å². The Balaban J connectivity index is 1.78. The van der Waals surface area contributed by atoms with Crippen molar-refractivity contribution in [1.29, 1.82) is 0 Å². The Morgan fingerprint density at radius 2 is 1.27 bits per heavy atom. The van der Waals surface area contributed by atoms with Crippen molar-refractivity contribution >= 4 is 0 Å². The molecule has 1 saturated carbocycles. The van der Waals surface area contributed by atoms with Gasteiger partial charge in [0, 0.05) is 12.8 Å². The third-order valence-corrected chi connectivity index (χ3v) is 4.74. The van der Waals surface area contributed by atoms with Crippen molar-refractivity contribution < 1.29 is 9.84 Å². The molecule has 0 bridgehead atoms. The van der Waals surface area contributed by atoms with Crippen molar-refractivity contribution in [3.8, 4) is 0 Å². The molecule has 0 unspecified atom stereocenters. The van der Waals surface area contributed by atoms with Crippen molar-refractivity contribution in [2.45, 2.75) is 82.8 Å². The van der Waals surface area contributed by atoms with E-state index in [4.69, 9.17) is 4.74 Å². The molecule has 124 valence electrons. The fourth-order valence-corrected chi connectivity index (χ4v) is 3.31. The molecule has 22 heavy (non-hydrogen) atoms. The maximum Gasteiger partial charge on any atom is 0.165 e. The van der Waals surface area contributed by atoms with Gasteiger partial charge < -0.3 is 9.84 Å². The van der Waals surface area contributed by atoms with Crippen LogP contribution >= 0.6 is 0 Å². The fourth-order valence-electron chi connectivity index (χ4n) is 3.31. The van der Waals surface area contributed by atoms with Gasteiger partial charge in [0.2, 0.25) is 0 Å². The maximum atomic E-state index is 10.8. The van der Waals surface area contributed by atoms with E-state index in [2.05, 4.69) is 24.3 Å². The molecule has 1 aromatic rings. The molecule has 0 aromatic heterocycles. The summed E-state index contributed by atoms with van der Waals surface area (Å²) in [5.41, 5.74) is 1.28. The monoisotopic (exact) mass is 304 g/mol. The van der Waals surface area contributed by atoms with Crippen molar-refractivity contribution in [1.82, 2.24) is 0 Å². The van der Waals surface area contributed by atoms with E-state index in [1.165, 1.54) is 50.5 Å². The van der Waals surface area contributed by atoms with E-state index in [-0.39, 0.29) is 0 Å². The summed E-state index contributed by atoms with van der Waals surface area (Å²) in [6.45, 7) is 0.612. The van der Waals surface area contributed by atoms with E-state index < -0.39 is 5.79 Å². The zero-order chi connectivity index (χ0) is 15.5. The Bertz CT molecular complexity index is 376. The van der Waals surface area contributed by atoms with Gasteiger partial charge in [0.1, 0.15) is 0 Å². The van der Waals surface area contributed by atoms with Crippen LogP contribution in [-0.2, 0) is 11.2 Å². The van der Waals surface area contributed by atoms with E-state index in [0.717, 1.165) is 32.1 Å². The lowest BCUT2D eigenvalue weighted by Gasteiger charge is -2.29. The summed E-state index contributed by atoms with van der Waals surface area (Å²) < 4.78 is 5.93. The molecule has 2 heteroatoms. The van der Waals surface area contributed by atoms with Crippen LogP contribution in [0.15, 0.2) is 30.3 Å². The normalized spacial score (nSPS) is 20.8. The van der Waals surface area contributed by atoms with Crippen molar-refractivity contribution in [3.05, 3.63) is 35.9 Å². The lowest BCUT2D eigenvalue weighted by atomic mass is 9.97. The quantitative estimate of drug-likeness (QED) is 0.771. The highest BCUT2D eigenvalue weighted by Gasteiger charge is 2.26. The van der Waals surface area contributed by atoms with E-state index in [0.29, 0.717) is 6.61 Å². The number of hydrogen-bond donors (Lipinski definition) is 1. The van der Waals surface area contributed by atoms with Gasteiger partial charge in [-0.1, -0.05) is 75.3 Å². The second kappa shape index (κ2) is 10.0. The largest absolute Gasteiger partial charge is 0.365 e. The summed E-state index contributed by atoms with van der Waals surface area (Å²) in [6, 6.07) is 10.4. The first kappa shape index (κ1) is 17.5. The third-order valence-electron chi connectivity index (χ3n) is 4.74. The van der Waals surface area contributed by atoms with Gasteiger partial charge >= 0.3 is 0 Å². The molecule has 0 saturated heterocycles. The molecule has 0 amide bonds. The minimum absolute atomic E-state index is 0.612. The van der Waals surface area contributed by atoms with E-state index in [1.807, 2.05) is 6.07 Å². The van der Waals surface area contributed by atoms with Gasteiger partial charge in [0.15, 0.2) is 5.79 Å². The van der Waals surface area contributed by atoms with Gasteiger partial charge in [-0.15, -0.1) is 0 Å². The minimum Gasteiger partial charge on any atom is -0.365 e. The topological polar surface area (TPSA) is 29.5 Å². The van der Waals surface area contributed by atoms with Crippen LogP contribution < -0.4 is 0 Å². The van der Waals surface area contributed by atoms with Crippen molar-refractivity contribution in [2.75, 3.05) is 6.61 Å². The predicted octanol–water partition coefficient (Wildman–Crippen LogP) is 5.24. The lowest BCUT2D eigenvalue weighted by molar-refractivity contribution is -0.212. The number of benzene rings is 1. The number of ether oxygens (including phenoxy) is 1. The van der Waals surface area contributed by atoms with Crippen LogP contribution in [0.1, 0.15) is 76.2 Å². The minimum atomic E-state index is -0.895. The molecule has 1 fully saturated rings. The zero-order valence-corrected chi connectivity index (χ0v) is 13.9. The van der Waals surface area contributed by atoms with Crippen LogP contribution in [0.3, 0.4) is 0 Å². The highest BCUT2D eigenvalue weighted by molar-refractivity contribution is 5.14. The molecule has 0 aliphatic heterocycles. The van der Waals surface area contributed by atoms with E-state index in [9.17, 15) is 5.11 Å². The van der Waals surface area contributed by atoms with Crippen molar-refractivity contribution in [2.24, 2.45) is 0 Å². The second-order valence-electron chi connectivity index (χ2n) is 6.71. The molecule has 0 spiro atoms. The summed E-state index contributed by atoms with van der Waals surface area (Å²) in [6.07, 6.45) is 13.8. The van der Waals surface area contributed by atoms with E-state index >= 15 is 0 Å². The molecule has 1 aliphatic rings. The molecular weight excluding hydrogens is 272 g/mol. The molecule has 0 heterocycles. The first-order chi connectivity index (χ1) is 10.8. The van der Waals surface area contributed by atoms with Crippen LogP contribution in [0.25, 0.3) is 0 Å². The van der Waals surface area contributed by atoms with Crippen LogP contribution in [0.4, 0.5) is 0 Å². The summed E-state index contributed by atoms with van der Waals surface area (Å²) in [5, 5.41) is 10.8. The molecule has 0 atom stereocenters. The maximum absolute atomic E-state index is 10.8. The van der Waals surface area contributed by atoms with Gasteiger partial charge in [-0.05, 0) is 24.8 Å². The summed E-state index contributed by atoms with van der Waals surface area (Å²) >= 11 is 0. The Morgan fingerprint density at radius 3 is 1.82 bits per heavy atom. The Labute approximate surface area is 135 Å². The highest BCUT2D eigenvalue weighted by Crippen LogP contribution is 2.26. The van der Waals surface area contributed by atoms with Crippen LogP contribution in [0, 0.1) is 0 Å². The van der Waals surface area contributed by atoms with Gasteiger partial charge in [-0.3, -0.25) is 0 Å². The predicted molar refractivity (Wildman–Crippen MR) is 91.8 cm³/mol. The average Bonchev–Trinajstić information content (AvgIpc) is 2.52. The molecule has 1 aliphatic carbocycles. The third kappa shape index (κ3) is 6.93. The average molecular weight is 304 g/mol. The zero-order valence-electron chi connectivity index (χ0n) is 13.9. The smallest absolute Gasteiger partial charge is 0.165 e. The Kier molecular flexibility index (Phi) is 7.96. The fraction of sp³-hybridized carbons (Fsp3) is 0.700. The molecular formula is C20H32O2. The van der Waals surface area contributed by atoms with Crippen LogP contribution in [-0.4, -0.2) is 17.5 Å². The first-order valence-corrected chi connectivity index (χ1v) is 9.19. The van der Waals surface area contributed by atoms with Crippen molar-refractivity contribution in [3.63, 3.8) is 0 Å². The summed E-state index contributed by atoms with van der Waals surface area (Å²) in [5.74, 6) is -0.895. The standard InChI is InChI=1S/C20H32O2/c21-20(22-18-15-19-13-9-8-10-14-19)16-11-6-4-2-1-3-5-7-12-17-20/h8-10,13-14,21H,1-7,11-12,15-18H2. The SMILES string of the molecule is OC1(OCCc2ccccc2)CCCCCCCCCCC1. The van der Waals surface area contributed by atoms with Gasteiger partial charge in [-0.2, -0.15) is 0 Å². The first-order valence-electron chi connectivity index (χ1n) is 9.19. The second-order valence-corrected chi connectivity index (χ2v) is 6.71. The van der Waals surface area contributed by atoms with Gasteiger partial charge in [0.25, 0.3) is 0 Å². The number of rotatable bonds is 4. The highest BCUT2D eigenvalue weighted by atomic mass is 16.6. The lowest BCUT2D eigenvalue weighted by Crippen LogP contribution is -2.33. The molecule has 0 radical (unpaired) electrons. The van der Waals surface area contributed by atoms with Gasteiger partial charge in [0.05, 0.1) is 6.61 Å². The summed E-state index contributed by atoms with van der Waals surface area (Å²) in [7, 11) is 0.